The number of aliphatic hydroxyl groups is 1. The second kappa shape index (κ2) is 8.41. The highest BCUT2D eigenvalue weighted by Gasteiger charge is 2.15. The quantitative estimate of drug-likeness (QED) is 0.248. The van der Waals surface area contributed by atoms with Gasteiger partial charge >= 0.3 is 5.97 Å². The zero-order valence-corrected chi connectivity index (χ0v) is 15.2. The Morgan fingerprint density at radius 2 is 1.61 bits per heavy atom. The second-order valence-electron chi connectivity index (χ2n) is 5.41. The molecule has 11 heteroatoms. The van der Waals surface area contributed by atoms with E-state index in [1.165, 1.54) is 43.3 Å². The maximum Gasteiger partial charge on any atom is 0.337 e. The maximum absolute atomic E-state index is 12.3. The molecule has 1 amide bonds. The zero-order chi connectivity index (χ0) is 20.9. The normalized spacial score (nSPS) is 12.5. The summed E-state index contributed by atoms with van der Waals surface area (Å²) >= 11 is 0. The Morgan fingerprint density at radius 1 is 1.00 bits per heavy atom. The largest absolute Gasteiger partial charge is 0.510 e. The number of carboxylic acids is 1. The van der Waals surface area contributed by atoms with E-state index < -0.39 is 33.5 Å². The van der Waals surface area contributed by atoms with Gasteiger partial charge < -0.3 is 15.5 Å². The van der Waals surface area contributed by atoms with E-state index in [2.05, 4.69) is 15.5 Å². The molecule has 0 unspecified atom stereocenters. The van der Waals surface area contributed by atoms with Crippen LogP contribution in [-0.2, 0) is 14.9 Å². The highest BCUT2D eigenvalue weighted by atomic mass is 32.2. The molecule has 4 N–H and O–H groups in total. The third-order valence-corrected chi connectivity index (χ3v) is 4.23. The molecule has 0 saturated heterocycles. The number of aromatic carboxylic acids is 1. The highest BCUT2D eigenvalue weighted by Crippen LogP contribution is 2.21. The van der Waals surface area contributed by atoms with Gasteiger partial charge in [-0.25, -0.2) is 4.79 Å². The number of benzene rings is 2. The topological polar surface area (TPSA) is 166 Å². The monoisotopic (exact) mass is 405 g/mol. The number of azo groups is 1. The van der Waals surface area contributed by atoms with Crippen LogP contribution < -0.4 is 5.32 Å². The SMILES string of the molecule is CC(O)=C(N=Nc1ccccc1C(=O)O)C(=O)Nc1ccc(S(=O)(=O)O)cc1. The number of carboxylic acid groups (broad SMARTS) is 1. The van der Waals surface area contributed by atoms with Gasteiger partial charge in [0.15, 0.2) is 5.70 Å². The average molecular weight is 405 g/mol. The number of carbonyl (C=O) groups excluding carboxylic acids is 1. The molecular weight excluding hydrogens is 390 g/mol. The molecule has 10 nitrogen and oxygen atoms in total. The molecule has 0 aliphatic carbocycles. The van der Waals surface area contributed by atoms with E-state index in [-0.39, 0.29) is 21.8 Å². The van der Waals surface area contributed by atoms with Crippen molar-refractivity contribution in [1.29, 1.82) is 0 Å². The van der Waals surface area contributed by atoms with Gasteiger partial charge in [-0.05, 0) is 43.3 Å². The number of rotatable bonds is 6. The molecule has 0 aromatic heterocycles. The van der Waals surface area contributed by atoms with E-state index in [1.54, 1.807) is 0 Å². The summed E-state index contributed by atoms with van der Waals surface area (Å²) in [5.74, 6) is -2.57. The molecule has 28 heavy (non-hydrogen) atoms. The zero-order valence-electron chi connectivity index (χ0n) is 14.4. The average Bonchev–Trinajstić information content (AvgIpc) is 2.61. The van der Waals surface area contributed by atoms with E-state index in [9.17, 15) is 23.1 Å². The lowest BCUT2D eigenvalue weighted by atomic mass is 10.2. The first kappa shape index (κ1) is 20.7. The number of carbonyl (C=O) groups is 2. The first-order valence-electron chi connectivity index (χ1n) is 7.62. The Labute approximate surface area is 159 Å². The van der Waals surface area contributed by atoms with Crippen LogP contribution in [0.1, 0.15) is 17.3 Å². The first-order valence-corrected chi connectivity index (χ1v) is 9.06. The summed E-state index contributed by atoms with van der Waals surface area (Å²) in [6.07, 6.45) is 0. The fraction of sp³-hybridized carbons (Fsp3) is 0.0588. The van der Waals surface area contributed by atoms with Crippen LogP contribution in [0.5, 0.6) is 0 Å². The molecule has 0 fully saturated rings. The van der Waals surface area contributed by atoms with E-state index >= 15 is 0 Å². The summed E-state index contributed by atoms with van der Waals surface area (Å²) in [6.45, 7) is 1.19. The van der Waals surface area contributed by atoms with Crippen molar-refractivity contribution < 1.29 is 32.8 Å². The van der Waals surface area contributed by atoms with Crippen LogP contribution in [0.3, 0.4) is 0 Å². The van der Waals surface area contributed by atoms with Crippen molar-refractivity contribution >= 4 is 33.4 Å². The number of hydrogen-bond donors (Lipinski definition) is 4. The van der Waals surface area contributed by atoms with Crippen LogP contribution >= 0.6 is 0 Å². The minimum absolute atomic E-state index is 0.0148. The molecule has 0 atom stereocenters. The number of allylic oxidation sites excluding steroid dienone is 1. The Bertz CT molecular complexity index is 1070. The van der Waals surface area contributed by atoms with Gasteiger partial charge in [0.2, 0.25) is 0 Å². The Balaban J connectivity index is 2.24. The van der Waals surface area contributed by atoms with Gasteiger partial charge in [0, 0.05) is 5.69 Å². The Hall–Kier alpha value is -3.57. The molecule has 0 radical (unpaired) electrons. The minimum Gasteiger partial charge on any atom is -0.510 e. The van der Waals surface area contributed by atoms with Crippen molar-refractivity contribution in [2.24, 2.45) is 10.2 Å². The van der Waals surface area contributed by atoms with Gasteiger partial charge in [0.25, 0.3) is 16.0 Å². The van der Waals surface area contributed by atoms with Crippen LogP contribution in [-0.4, -0.2) is 35.1 Å². The van der Waals surface area contributed by atoms with Crippen LogP contribution in [0.15, 0.2) is 75.1 Å². The number of aliphatic hydroxyl groups excluding tert-OH is 1. The summed E-state index contributed by atoms with van der Waals surface area (Å²) in [5, 5.41) is 28.5. The first-order chi connectivity index (χ1) is 13.1. The molecule has 0 heterocycles. The summed E-state index contributed by atoms with van der Waals surface area (Å²) in [4.78, 5) is 23.1. The van der Waals surface area contributed by atoms with Crippen molar-refractivity contribution in [3.63, 3.8) is 0 Å². The number of amides is 1. The smallest absolute Gasteiger partial charge is 0.337 e. The summed E-state index contributed by atoms with van der Waals surface area (Å²) < 4.78 is 31.0. The fourth-order valence-corrected chi connectivity index (χ4v) is 2.51. The number of hydrogen-bond acceptors (Lipinski definition) is 7. The lowest BCUT2D eigenvalue weighted by Gasteiger charge is -2.06. The van der Waals surface area contributed by atoms with Crippen molar-refractivity contribution in [1.82, 2.24) is 0 Å². The molecule has 0 aliphatic rings. The molecule has 146 valence electrons. The molecule has 0 bridgehead atoms. The fourth-order valence-electron chi connectivity index (χ4n) is 2.03. The van der Waals surface area contributed by atoms with Crippen LogP contribution in [0.2, 0.25) is 0 Å². The van der Waals surface area contributed by atoms with Gasteiger partial charge in [-0.3, -0.25) is 9.35 Å². The predicted molar refractivity (Wildman–Crippen MR) is 98.1 cm³/mol. The second-order valence-corrected chi connectivity index (χ2v) is 6.83. The van der Waals surface area contributed by atoms with Gasteiger partial charge in [-0.15, -0.1) is 10.2 Å². The highest BCUT2D eigenvalue weighted by molar-refractivity contribution is 7.85. The Kier molecular flexibility index (Phi) is 6.23. The van der Waals surface area contributed by atoms with E-state index in [1.807, 2.05) is 0 Å². The minimum atomic E-state index is -4.37. The van der Waals surface area contributed by atoms with Gasteiger partial charge in [-0.2, -0.15) is 8.42 Å². The number of anilines is 1. The van der Waals surface area contributed by atoms with E-state index in [4.69, 9.17) is 9.66 Å². The van der Waals surface area contributed by atoms with Gasteiger partial charge in [0.1, 0.15) is 11.4 Å². The van der Waals surface area contributed by atoms with Crippen molar-refractivity contribution in [3.05, 3.63) is 65.6 Å². The van der Waals surface area contributed by atoms with Gasteiger partial charge in [-0.1, -0.05) is 12.1 Å². The summed E-state index contributed by atoms with van der Waals surface area (Å²) in [7, 11) is -4.37. The number of nitrogens with zero attached hydrogens (tertiary/aromatic N) is 2. The van der Waals surface area contributed by atoms with E-state index in [0.29, 0.717) is 0 Å². The standard InChI is InChI=1S/C17H15N3O7S/c1-10(21)15(20-19-14-5-3-2-4-13(14)17(23)24)16(22)18-11-6-8-12(9-7-11)28(25,26)27/h2-9,21H,1H3,(H,18,22)(H,23,24)(H,25,26,27). The van der Waals surface area contributed by atoms with Gasteiger partial charge in [0.05, 0.1) is 10.5 Å². The molecule has 0 saturated carbocycles. The van der Waals surface area contributed by atoms with E-state index in [0.717, 1.165) is 12.1 Å². The van der Waals surface area contributed by atoms with Crippen molar-refractivity contribution in [2.75, 3.05) is 5.32 Å². The molecule has 2 aromatic rings. The maximum atomic E-state index is 12.3. The lowest BCUT2D eigenvalue weighted by molar-refractivity contribution is -0.113. The molecule has 2 aromatic carbocycles. The molecule has 2 rings (SSSR count). The molecule has 0 spiro atoms. The van der Waals surface area contributed by atoms with Crippen LogP contribution in [0.25, 0.3) is 0 Å². The lowest BCUT2D eigenvalue weighted by Crippen LogP contribution is -2.14. The van der Waals surface area contributed by atoms with Crippen LogP contribution in [0, 0.1) is 0 Å². The molecule has 0 aliphatic heterocycles. The summed E-state index contributed by atoms with van der Waals surface area (Å²) in [5.41, 5.74) is -0.460. The summed E-state index contributed by atoms with van der Waals surface area (Å²) in [6, 6.07) is 10.3. The third kappa shape index (κ3) is 5.22. The Morgan fingerprint density at radius 3 is 2.14 bits per heavy atom. The van der Waals surface area contributed by atoms with Crippen molar-refractivity contribution in [3.8, 4) is 0 Å². The third-order valence-electron chi connectivity index (χ3n) is 3.36. The van der Waals surface area contributed by atoms with Crippen LogP contribution in [0.4, 0.5) is 11.4 Å². The van der Waals surface area contributed by atoms with Crippen molar-refractivity contribution in [2.45, 2.75) is 11.8 Å². The molecular formula is C17H15N3O7S. The number of nitrogens with one attached hydrogen (secondary N) is 1. The predicted octanol–water partition coefficient (Wildman–Crippen LogP) is 3.14.